The van der Waals surface area contributed by atoms with Crippen LogP contribution in [0, 0.1) is 0 Å². The second kappa shape index (κ2) is 5.29. The highest BCUT2D eigenvalue weighted by molar-refractivity contribution is 6.20. The number of rotatable bonds is 3. The van der Waals surface area contributed by atoms with E-state index >= 15 is 0 Å². The largest absolute Gasteiger partial charge is 0.291 e. The van der Waals surface area contributed by atoms with Gasteiger partial charge in [0.2, 0.25) is 0 Å². The molecule has 0 radical (unpaired) electrons. The van der Waals surface area contributed by atoms with Crippen molar-refractivity contribution in [1.82, 2.24) is 14.7 Å². The summed E-state index contributed by atoms with van der Waals surface area (Å²) in [5.74, 6) is 0. The number of alkyl halides is 1. The standard InChI is InChI=1S/C17H22ClN3/c1-2-21-17-6-4-3-5-15(17)16(19-21)11-20-13-7-8-14(20)10-12(18)9-13/h3-6,12-14H,2,7-11H2,1H3. The average Bonchev–Trinajstić information content (AvgIpc) is 2.96. The molecule has 2 aromatic rings. The van der Waals surface area contributed by atoms with Crippen molar-refractivity contribution in [3.63, 3.8) is 0 Å². The molecular formula is C17H22ClN3. The first-order valence-electron chi connectivity index (χ1n) is 8.10. The third-order valence-electron chi connectivity index (χ3n) is 5.19. The van der Waals surface area contributed by atoms with Crippen LogP contribution >= 0.6 is 11.6 Å². The van der Waals surface area contributed by atoms with Crippen LogP contribution < -0.4 is 0 Å². The van der Waals surface area contributed by atoms with Gasteiger partial charge in [0.15, 0.2) is 0 Å². The lowest BCUT2D eigenvalue weighted by Crippen LogP contribution is -2.42. The van der Waals surface area contributed by atoms with Crippen molar-refractivity contribution >= 4 is 22.5 Å². The molecule has 2 fully saturated rings. The molecule has 2 aliphatic heterocycles. The quantitative estimate of drug-likeness (QED) is 0.804. The maximum absolute atomic E-state index is 6.39. The highest BCUT2D eigenvalue weighted by Crippen LogP contribution is 2.39. The molecule has 0 N–H and O–H groups in total. The van der Waals surface area contributed by atoms with Crippen LogP contribution in [0.2, 0.25) is 0 Å². The number of halogens is 1. The fourth-order valence-corrected chi connectivity index (χ4v) is 4.60. The lowest BCUT2D eigenvalue weighted by atomic mass is 10.0. The normalized spacial score (nSPS) is 29.3. The molecule has 2 atom stereocenters. The molecule has 1 aromatic heterocycles. The topological polar surface area (TPSA) is 21.1 Å². The lowest BCUT2D eigenvalue weighted by molar-refractivity contribution is 0.133. The van der Waals surface area contributed by atoms with E-state index in [9.17, 15) is 0 Å². The molecule has 21 heavy (non-hydrogen) atoms. The molecule has 1 aromatic carbocycles. The van der Waals surface area contributed by atoms with E-state index in [0.717, 1.165) is 25.9 Å². The molecule has 0 amide bonds. The molecule has 0 spiro atoms. The second-order valence-electron chi connectivity index (χ2n) is 6.41. The molecule has 112 valence electrons. The van der Waals surface area contributed by atoms with Gasteiger partial charge in [0.1, 0.15) is 0 Å². The number of piperidine rings is 1. The van der Waals surface area contributed by atoms with E-state index in [1.807, 2.05) is 0 Å². The maximum Gasteiger partial charge on any atom is 0.0843 e. The van der Waals surface area contributed by atoms with Crippen molar-refractivity contribution in [1.29, 1.82) is 0 Å². The van der Waals surface area contributed by atoms with E-state index in [1.165, 1.54) is 29.4 Å². The Morgan fingerprint density at radius 3 is 2.62 bits per heavy atom. The van der Waals surface area contributed by atoms with Crippen LogP contribution in [0.1, 0.15) is 38.3 Å². The summed E-state index contributed by atoms with van der Waals surface area (Å²) in [4.78, 5) is 2.66. The summed E-state index contributed by atoms with van der Waals surface area (Å²) in [6, 6.07) is 9.93. The number of benzene rings is 1. The highest BCUT2D eigenvalue weighted by atomic mass is 35.5. The molecule has 4 rings (SSSR count). The van der Waals surface area contributed by atoms with Crippen molar-refractivity contribution in [2.24, 2.45) is 0 Å². The van der Waals surface area contributed by atoms with Gasteiger partial charge in [-0.3, -0.25) is 9.58 Å². The minimum Gasteiger partial charge on any atom is -0.291 e. The summed E-state index contributed by atoms with van der Waals surface area (Å²) in [5, 5.41) is 6.55. The Morgan fingerprint density at radius 1 is 1.19 bits per heavy atom. The monoisotopic (exact) mass is 303 g/mol. The van der Waals surface area contributed by atoms with Crippen molar-refractivity contribution in [3.05, 3.63) is 30.0 Å². The SMILES string of the molecule is CCn1nc(CN2C3CCC2CC(Cl)C3)c2ccccc21. The van der Waals surface area contributed by atoms with Gasteiger partial charge in [0.05, 0.1) is 11.2 Å². The number of fused-ring (bicyclic) bond motifs is 3. The fraction of sp³-hybridized carbons (Fsp3) is 0.588. The zero-order chi connectivity index (χ0) is 14.4. The molecule has 0 aliphatic carbocycles. The second-order valence-corrected chi connectivity index (χ2v) is 7.02. The van der Waals surface area contributed by atoms with Gasteiger partial charge in [-0.25, -0.2) is 0 Å². The zero-order valence-corrected chi connectivity index (χ0v) is 13.3. The predicted octanol–water partition coefficient (Wildman–Crippen LogP) is 3.79. The first-order chi connectivity index (χ1) is 10.3. The molecule has 3 heterocycles. The number of hydrogen-bond acceptors (Lipinski definition) is 2. The number of aryl methyl sites for hydroxylation is 1. The van der Waals surface area contributed by atoms with Gasteiger partial charge >= 0.3 is 0 Å². The molecule has 3 nitrogen and oxygen atoms in total. The summed E-state index contributed by atoms with van der Waals surface area (Å²) in [5.41, 5.74) is 2.49. The third kappa shape index (κ3) is 2.27. The average molecular weight is 304 g/mol. The van der Waals surface area contributed by atoms with Gasteiger partial charge in [-0.05, 0) is 38.7 Å². The van der Waals surface area contributed by atoms with Crippen molar-refractivity contribution in [3.8, 4) is 0 Å². The number of nitrogens with zero attached hydrogens (tertiary/aromatic N) is 3. The van der Waals surface area contributed by atoms with E-state index in [-0.39, 0.29) is 0 Å². The molecule has 2 saturated heterocycles. The molecule has 0 saturated carbocycles. The summed E-state index contributed by atoms with van der Waals surface area (Å²) >= 11 is 6.39. The van der Waals surface area contributed by atoms with Gasteiger partial charge in [-0.15, -0.1) is 11.6 Å². The van der Waals surface area contributed by atoms with E-state index in [0.29, 0.717) is 17.5 Å². The third-order valence-corrected chi connectivity index (χ3v) is 5.55. The van der Waals surface area contributed by atoms with Crippen LogP contribution in [-0.4, -0.2) is 32.1 Å². The smallest absolute Gasteiger partial charge is 0.0843 e. The fourth-order valence-electron chi connectivity index (χ4n) is 4.19. The highest BCUT2D eigenvalue weighted by Gasteiger charge is 2.40. The van der Waals surface area contributed by atoms with Gasteiger partial charge < -0.3 is 0 Å². The van der Waals surface area contributed by atoms with Crippen LogP contribution in [0.25, 0.3) is 10.9 Å². The Hall–Kier alpha value is -1.06. The number of aromatic nitrogens is 2. The Kier molecular flexibility index (Phi) is 3.43. The minimum atomic E-state index is 0.378. The lowest BCUT2D eigenvalue weighted by Gasteiger charge is -2.36. The van der Waals surface area contributed by atoms with E-state index < -0.39 is 0 Å². The number of para-hydroxylation sites is 1. The van der Waals surface area contributed by atoms with E-state index in [1.54, 1.807) is 0 Å². The van der Waals surface area contributed by atoms with Crippen LogP contribution in [0.4, 0.5) is 0 Å². The van der Waals surface area contributed by atoms with Crippen LogP contribution in [0.5, 0.6) is 0 Å². The molecule has 2 bridgehead atoms. The van der Waals surface area contributed by atoms with Crippen LogP contribution in [0.15, 0.2) is 24.3 Å². The Labute approximate surface area is 130 Å². The van der Waals surface area contributed by atoms with Gasteiger partial charge in [-0.2, -0.15) is 5.10 Å². The summed E-state index contributed by atoms with van der Waals surface area (Å²) in [6.45, 7) is 4.06. The summed E-state index contributed by atoms with van der Waals surface area (Å²) in [7, 11) is 0. The Bertz CT molecular complexity index is 637. The minimum absolute atomic E-state index is 0.378. The van der Waals surface area contributed by atoms with Gasteiger partial charge in [0.25, 0.3) is 0 Å². The summed E-state index contributed by atoms with van der Waals surface area (Å²) < 4.78 is 2.13. The Morgan fingerprint density at radius 2 is 1.90 bits per heavy atom. The van der Waals surface area contributed by atoms with Crippen LogP contribution in [0.3, 0.4) is 0 Å². The first-order valence-corrected chi connectivity index (χ1v) is 8.54. The van der Waals surface area contributed by atoms with Gasteiger partial charge in [0, 0.05) is 35.9 Å². The molecule has 2 aliphatic rings. The van der Waals surface area contributed by atoms with E-state index in [2.05, 4.69) is 40.8 Å². The maximum atomic E-state index is 6.39. The van der Waals surface area contributed by atoms with E-state index in [4.69, 9.17) is 16.7 Å². The van der Waals surface area contributed by atoms with Crippen molar-refractivity contribution in [2.45, 2.75) is 63.2 Å². The molecular weight excluding hydrogens is 282 g/mol. The zero-order valence-electron chi connectivity index (χ0n) is 12.5. The van der Waals surface area contributed by atoms with Crippen molar-refractivity contribution in [2.75, 3.05) is 0 Å². The number of hydrogen-bond donors (Lipinski definition) is 0. The predicted molar refractivity (Wildman–Crippen MR) is 86.6 cm³/mol. The molecule has 2 unspecified atom stereocenters. The first kappa shape index (κ1) is 13.6. The van der Waals surface area contributed by atoms with Crippen LogP contribution in [-0.2, 0) is 13.1 Å². The molecule has 4 heteroatoms. The summed E-state index contributed by atoms with van der Waals surface area (Å²) in [6.07, 6.45) is 4.90. The van der Waals surface area contributed by atoms with Crippen molar-refractivity contribution < 1.29 is 0 Å². The van der Waals surface area contributed by atoms with Gasteiger partial charge in [-0.1, -0.05) is 18.2 Å². The Balaban J connectivity index is 1.66.